The van der Waals surface area contributed by atoms with Crippen LogP contribution >= 0.6 is 0 Å². The summed E-state index contributed by atoms with van der Waals surface area (Å²) in [4.78, 5) is 2.49. The second kappa shape index (κ2) is 10.6. The highest BCUT2D eigenvalue weighted by molar-refractivity contribution is 6.15. The van der Waals surface area contributed by atoms with E-state index in [1.54, 1.807) is 0 Å². The SMILES string of the molecule is CC1(C)c2ccccc2-c2cc(N(c3ccc4ccccc4c3C3=CCC4C=CC=CC4=C3)c3cccc4oc5ccccc5c34)ccc21. The molecule has 0 N–H and O–H groups in total. The van der Waals surface area contributed by atoms with Crippen LogP contribution in [0.1, 0.15) is 37.0 Å². The number of allylic oxidation sites excluding steroid dienone is 8. The molecule has 3 aliphatic carbocycles. The number of hydrogen-bond donors (Lipinski definition) is 0. The smallest absolute Gasteiger partial charge is 0.137 e. The zero-order valence-corrected chi connectivity index (χ0v) is 27.7. The third-order valence-corrected chi connectivity index (χ3v) is 11.0. The summed E-state index contributed by atoms with van der Waals surface area (Å²) in [5.74, 6) is 0.425. The Bertz CT molecular complexity index is 2620. The quantitative estimate of drug-likeness (QED) is 0.193. The summed E-state index contributed by atoms with van der Waals surface area (Å²) in [6, 6.07) is 44.3. The molecule has 2 heteroatoms. The lowest BCUT2D eigenvalue weighted by molar-refractivity contribution is 0.660. The molecule has 3 aliphatic rings. The Kier molecular flexibility index (Phi) is 6.08. The van der Waals surface area contributed by atoms with Gasteiger partial charge >= 0.3 is 0 Å². The van der Waals surface area contributed by atoms with Crippen molar-refractivity contribution in [1.82, 2.24) is 0 Å². The van der Waals surface area contributed by atoms with Gasteiger partial charge in [0.2, 0.25) is 0 Å². The topological polar surface area (TPSA) is 16.4 Å². The van der Waals surface area contributed by atoms with Gasteiger partial charge in [0.05, 0.1) is 16.8 Å². The Labute approximate surface area is 286 Å². The van der Waals surface area contributed by atoms with Crippen molar-refractivity contribution in [2.45, 2.75) is 25.7 Å². The van der Waals surface area contributed by atoms with Crippen LogP contribution in [0.5, 0.6) is 0 Å². The zero-order chi connectivity index (χ0) is 32.7. The molecule has 1 unspecified atom stereocenters. The molecule has 0 saturated heterocycles. The Morgan fingerprint density at radius 2 is 1.47 bits per heavy atom. The summed E-state index contributed by atoms with van der Waals surface area (Å²) in [6.07, 6.45) is 14.8. The second-order valence-corrected chi connectivity index (χ2v) is 14.1. The van der Waals surface area contributed by atoms with E-state index in [0.29, 0.717) is 5.92 Å². The van der Waals surface area contributed by atoms with Crippen LogP contribution in [0, 0.1) is 5.92 Å². The first-order valence-electron chi connectivity index (χ1n) is 17.3. The molecule has 0 aliphatic heterocycles. The van der Waals surface area contributed by atoms with E-state index < -0.39 is 0 Å². The molecule has 0 spiro atoms. The molecule has 0 amide bonds. The van der Waals surface area contributed by atoms with Crippen molar-refractivity contribution in [3.05, 3.63) is 180 Å². The van der Waals surface area contributed by atoms with Gasteiger partial charge in [0.25, 0.3) is 0 Å². The molecule has 1 aromatic heterocycles. The van der Waals surface area contributed by atoms with E-state index in [2.05, 4.69) is 177 Å². The highest BCUT2D eigenvalue weighted by Gasteiger charge is 2.36. The van der Waals surface area contributed by atoms with Gasteiger partial charge in [-0.25, -0.2) is 0 Å². The number of furan rings is 1. The van der Waals surface area contributed by atoms with Crippen molar-refractivity contribution in [3.63, 3.8) is 0 Å². The number of hydrogen-bond acceptors (Lipinski definition) is 2. The summed E-state index contributed by atoms with van der Waals surface area (Å²) in [6.45, 7) is 4.69. The first-order valence-corrected chi connectivity index (χ1v) is 17.3. The third-order valence-electron chi connectivity index (χ3n) is 11.0. The minimum absolute atomic E-state index is 0.0677. The molecule has 0 fully saturated rings. The highest BCUT2D eigenvalue weighted by Crippen LogP contribution is 2.53. The monoisotopic (exact) mass is 629 g/mol. The van der Waals surface area contributed by atoms with Gasteiger partial charge in [-0.1, -0.05) is 135 Å². The van der Waals surface area contributed by atoms with Crippen LogP contribution in [0.4, 0.5) is 17.1 Å². The first-order chi connectivity index (χ1) is 24.1. The van der Waals surface area contributed by atoms with Gasteiger partial charge in [-0.15, -0.1) is 0 Å². The number of nitrogens with zero attached hydrogens (tertiary/aromatic N) is 1. The van der Waals surface area contributed by atoms with Gasteiger partial charge in [0, 0.05) is 28.0 Å². The van der Waals surface area contributed by atoms with Crippen LogP contribution in [-0.2, 0) is 5.41 Å². The molecule has 0 radical (unpaired) electrons. The summed E-state index contributed by atoms with van der Waals surface area (Å²) in [5.41, 5.74) is 14.3. The Hall–Kier alpha value is -5.86. The van der Waals surface area contributed by atoms with Crippen LogP contribution < -0.4 is 4.90 Å². The number of anilines is 3. The lowest BCUT2D eigenvalue weighted by atomic mass is 9.82. The largest absolute Gasteiger partial charge is 0.456 e. The fraction of sp³-hybridized carbons (Fsp3) is 0.106. The first kappa shape index (κ1) is 28.2. The molecule has 6 aromatic carbocycles. The van der Waals surface area contributed by atoms with Gasteiger partial charge in [-0.05, 0) is 87.0 Å². The average molecular weight is 630 g/mol. The molecule has 0 bridgehead atoms. The second-order valence-electron chi connectivity index (χ2n) is 14.1. The van der Waals surface area contributed by atoms with E-state index in [1.165, 1.54) is 49.7 Å². The van der Waals surface area contributed by atoms with Crippen LogP contribution in [0.15, 0.2) is 168 Å². The summed E-state index contributed by atoms with van der Waals surface area (Å²) in [5, 5.41) is 4.72. The average Bonchev–Trinajstić information content (AvgIpc) is 3.64. The molecule has 2 nitrogen and oxygen atoms in total. The molecule has 49 heavy (non-hydrogen) atoms. The van der Waals surface area contributed by atoms with Crippen molar-refractivity contribution in [1.29, 1.82) is 0 Å². The predicted molar refractivity (Wildman–Crippen MR) is 206 cm³/mol. The Morgan fingerprint density at radius 3 is 2.41 bits per heavy atom. The van der Waals surface area contributed by atoms with Crippen molar-refractivity contribution in [2.75, 3.05) is 4.90 Å². The fourth-order valence-electron chi connectivity index (χ4n) is 8.58. The van der Waals surface area contributed by atoms with E-state index in [9.17, 15) is 0 Å². The summed E-state index contributed by atoms with van der Waals surface area (Å²) >= 11 is 0. The number of benzene rings is 6. The third kappa shape index (κ3) is 4.20. The lowest BCUT2D eigenvalue weighted by Gasteiger charge is -2.31. The molecule has 10 rings (SSSR count). The van der Waals surface area contributed by atoms with Crippen LogP contribution in [0.2, 0.25) is 0 Å². The predicted octanol–water partition coefficient (Wildman–Crippen LogP) is 13.0. The number of rotatable bonds is 4. The van der Waals surface area contributed by atoms with Gasteiger partial charge in [-0.3, -0.25) is 0 Å². The molecular weight excluding hydrogens is 595 g/mol. The Morgan fingerprint density at radius 1 is 0.673 bits per heavy atom. The van der Waals surface area contributed by atoms with Gasteiger partial charge in [0.1, 0.15) is 11.2 Å². The molecule has 234 valence electrons. The maximum Gasteiger partial charge on any atom is 0.137 e. The fourth-order valence-corrected chi connectivity index (χ4v) is 8.58. The van der Waals surface area contributed by atoms with Gasteiger partial charge in [-0.2, -0.15) is 0 Å². The maximum atomic E-state index is 6.48. The number of fused-ring (bicyclic) bond motifs is 8. The molecule has 1 atom stereocenters. The van der Waals surface area contributed by atoms with Crippen molar-refractivity contribution in [3.8, 4) is 11.1 Å². The van der Waals surface area contributed by atoms with Crippen LogP contribution in [0.25, 0.3) is 49.4 Å². The van der Waals surface area contributed by atoms with Crippen molar-refractivity contribution < 1.29 is 4.42 Å². The Balaban J connectivity index is 1.29. The van der Waals surface area contributed by atoms with E-state index in [0.717, 1.165) is 45.4 Å². The zero-order valence-electron chi connectivity index (χ0n) is 27.7. The lowest BCUT2D eigenvalue weighted by Crippen LogP contribution is -2.16. The normalized spacial score (nSPS) is 17.1. The number of para-hydroxylation sites is 1. The molecule has 1 heterocycles. The van der Waals surface area contributed by atoms with E-state index >= 15 is 0 Å². The van der Waals surface area contributed by atoms with Gasteiger partial charge in [0.15, 0.2) is 0 Å². The minimum Gasteiger partial charge on any atom is -0.456 e. The van der Waals surface area contributed by atoms with E-state index in [4.69, 9.17) is 4.42 Å². The van der Waals surface area contributed by atoms with Crippen LogP contribution in [-0.4, -0.2) is 0 Å². The van der Waals surface area contributed by atoms with Crippen molar-refractivity contribution in [2.24, 2.45) is 5.92 Å². The maximum absolute atomic E-state index is 6.48. The van der Waals surface area contributed by atoms with Crippen LogP contribution in [0.3, 0.4) is 0 Å². The molecular formula is C47H35NO. The van der Waals surface area contributed by atoms with Gasteiger partial charge < -0.3 is 9.32 Å². The molecule has 0 saturated carbocycles. The summed E-state index contributed by atoms with van der Waals surface area (Å²) in [7, 11) is 0. The summed E-state index contributed by atoms with van der Waals surface area (Å²) < 4.78 is 6.48. The standard InChI is InChI=1S/C47H35NO/c1-47(2)39-18-9-7-16-36(39)38-29-34(25-26-40(38)47)48(41-19-11-21-44-46(41)37-17-8-10-20-43(37)49-44)42-27-24-31-13-5-6-15-35(31)45(42)33-23-22-30-12-3-4-14-32(30)28-33/h3-21,23-30H,22H2,1-2H3. The van der Waals surface area contributed by atoms with E-state index in [-0.39, 0.29) is 5.41 Å². The van der Waals surface area contributed by atoms with E-state index in [1.807, 2.05) is 0 Å². The van der Waals surface area contributed by atoms with Crippen molar-refractivity contribution >= 4 is 55.3 Å². The molecule has 7 aromatic rings. The minimum atomic E-state index is -0.0677. The highest BCUT2D eigenvalue weighted by atomic mass is 16.3.